The highest BCUT2D eigenvalue weighted by atomic mass is 32.1. The monoisotopic (exact) mass is 271 g/mol. The van der Waals surface area contributed by atoms with Crippen molar-refractivity contribution in [3.05, 3.63) is 21.4 Å². The molecule has 0 saturated carbocycles. The molecule has 1 amide bonds. The topological polar surface area (TPSA) is 53.2 Å². The van der Waals surface area contributed by atoms with Crippen LogP contribution in [0.3, 0.4) is 0 Å². The second kappa shape index (κ2) is 6.56. The van der Waals surface area contributed by atoms with Crippen LogP contribution in [0.5, 0.6) is 0 Å². The summed E-state index contributed by atoms with van der Waals surface area (Å²) in [6, 6.07) is 0. The first-order valence-corrected chi connectivity index (χ1v) is 6.80. The van der Waals surface area contributed by atoms with E-state index in [0.717, 1.165) is 24.1 Å². The molecular formula is C11H17N3OS2. The van der Waals surface area contributed by atoms with Crippen molar-refractivity contribution in [1.29, 1.82) is 0 Å². The van der Waals surface area contributed by atoms with Gasteiger partial charge in [-0.1, -0.05) is 6.92 Å². The van der Waals surface area contributed by atoms with E-state index in [2.05, 4.69) is 16.2 Å². The van der Waals surface area contributed by atoms with Crippen LogP contribution >= 0.6 is 23.6 Å². The Morgan fingerprint density at radius 2 is 2.12 bits per heavy atom. The summed E-state index contributed by atoms with van der Waals surface area (Å²) < 4.78 is 0. The van der Waals surface area contributed by atoms with E-state index in [1.54, 1.807) is 11.3 Å². The van der Waals surface area contributed by atoms with Gasteiger partial charge in [-0.05, 0) is 38.0 Å². The lowest BCUT2D eigenvalue weighted by Crippen LogP contribution is -2.46. The van der Waals surface area contributed by atoms with Gasteiger partial charge in [0, 0.05) is 16.8 Å². The standard InChI is InChI=1S/C11H17N3OS2/c1-4-8-7(3)17-6-9(8)10(15)13-14-11(16)12-5-2/h6H,4-5H2,1-3H3,(H,13,15)(H2,12,14,16). The third-order valence-corrected chi connectivity index (χ3v) is 3.53. The second-order valence-electron chi connectivity index (χ2n) is 3.48. The molecule has 4 nitrogen and oxygen atoms in total. The van der Waals surface area contributed by atoms with Crippen LogP contribution in [0.15, 0.2) is 5.38 Å². The molecule has 0 bridgehead atoms. The first-order valence-electron chi connectivity index (χ1n) is 5.51. The van der Waals surface area contributed by atoms with E-state index >= 15 is 0 Å². The van der Waals surface area contributed by atoms with Crippen molar-refractivity contribution >= 4 is 34.6 Å². The number of carbonyl (C=O) groups is 1. The summed E-state index contributed by atoms with van der Waals surface area (Å²) in [7, 11) is 0. The minimum Gasteiger partial charge on any atom is -0.362 e. The van der Waals surface area contributed by atoms with E-state index in [4.69, 9.17) is 12.2 Å². The van der Waals surface area contributed by atoms with Crippen LogP contribution in [-0.2, 0) is 6.42 Å². The zero-order chi connectivity index (χ0) is 12.8. The van der Waals surface area contributed by atoms with Crippen molar-refractivity contribution in [2.75, 3.05) is 6.54 Å². The van der Waals surface area contributed by atoms with Gasteiger partial charge in [0.15, 0.2) is 5.11 Å². The van der Waals surface area contributed by atoms with Crippen LogP contribution in [-0.4, -0.2) is 17.6 Å². The predicted molar refractivity (Wildman–Crippen MR) is 75.3 cm³/mol. The van der Waals surface area contributed by atoms with Crippen molar-refractivity contribution in [3.8, 4) is 0 Å². The van der Waals surface area contributed by atoms with Gasteiger partial charge in [-0.2, -0.15) is 0 Å². The molecule has 0 aliphatic rings. The number of hydrogen-bond acceptors (Lipinski definition) is 3. The SMILES string of the molecule is CCNC(=S)NNC(=O)c1csc(C)c1CC. The molecular weight excluding hydrogens is 254 g/mol. The fourth-order valence-electron chi connectivity index (χ4n) is 1.49. The maximum Gasteiger partial charge on any atom is 0.270 e. The Labute approximate surface area is 111 Å². The fraction of sp³-hybridized carbons (Fsp3) is 0.455. The molecule has 3 N–H and O–H groups in total. The number of hydrazine groups is 1. The average Bonchev–Trinajstić information content (AvgIpc) is 2.67. The Balaban J connectivity index is 2.61. The van der Waals surface area contributed by atoms with Gasteiger partial charge in [-0.15, -0.1) is 11.3 Å². The maximum atomic E-state index is 11.9. The lowest BCUT2D eigenvalue weighted by atomic mass is 10.1. The molecule has 6 heteroatoms. The van der Waals surface area contributed by atoms with Crippen LogP contribution in [0.4, 0.5) is 0 Å². The summed E-state index contributed by atoms with van der Waals surface area (Å²) in [6.45, 7) is 6.73. The molecule has 94 valence electrons. The van der Waals surface area contributed by atoms with E-state index in [9.17, 15) is 4.79 Å². The minimum atomic E-state index is -0.147. The molecule has 0 aliphatic heterocycles. The lowest BCUT2D eigenvalue weighted by molar-refractivity contribution is 0.0943. The smallest absolute Gasteiger partial charge is 0.270 e. The number of carbonyl (C=O) groups excluding carboxylic acids is 1. The van der Waals surface area contributed by atoms with Crippen molar-refractivity contribution in [1.82, 2.24) is 16.2 Å². The third-order valence-electron chi connectivity index (χ3n) is 2.33. The Morgan fingerprint density at radius 3 is 2.71 bits per heavy atom. The third kappa shape index (κ3) is 3.67. The number of amides is 1. The normalized spacial score (nSPS) is 9.82. The van der Waals surface area contributed by atoms with E-state index in [1.165, 1.54) is 4.88 Å². The molecule has 1 heterocycles. The maximum absolute atomic E-state index is 11.9. The number of nitrogens with one attached hydrogen (secondary N) is 3. The van der Waals surface area contributed by atoms with Crippen molar-refractivity contribution in [3.63, 3.8) is 0 Å². The Hall–Kier alpha value is -1.14. The first-order chi connectivity index (χ1) is 8.10. The molecule has 1 aromatic heterocycles. The molecule has 0 spiro atoms. The highest BCUT2D eigenvalue weighted by molar-refractivity contribution is 7.80. The Kier molecular flexibility index (Phi) is 5.37. The average molecular weight is 271 g/mol. The van der Waals surface area contributed by atoms with Gasteiger partial charge in [-0.25, -0.2) is 0 Å². The molecule has 0 saturated heterocycles. The van der Waals surface area contributed by atoms with E-state index in [-0.39, 0.29) is 5.91 Å². The number of thiocarbonyl (C=S) groups is 1. The van der Waals surface area contributed by atoms with Gasteiger partial charge in [-0.3, -0.25) is 15.6 Å². The summed E-state index contributed by atoms with van der Waals surface area (Å²) in [4.78, 5) is 13.1. The number of thiophene rings is 1. The van der Waals surface area contributed by atoms with Crippen LogP contribution in [0.2, 0.25) is 0 Å². The molecule has 0 unspecified atom stereocenters. The molecule has 0 aromatic carbocycles. The van der Waals surface area contributed by atoms with Gasteiger partial charge < -0.3 is 5.32 Å². The van der Waals surface area contributed by atoms with Crippen molar-refractivity contribution in [2.45, 2.75) is 27.2 Å². The van der Waals surface area contributed by atoms with Crippen molar-refractivity contribution in [2.24, 2.45) is 0 Å². The molecule has 1 aromatic rings. The van der Waals surface area contributed by atoms with Crippen molar-refractivity contribution < 1.29 is 4.79 Å². The lowest BCUT2D eigenvalue weighted by Gasteiger charge is -2.10. The second-order valence-corrected chi connectivity index (χ2v) is 4.97. The molecule has 0 atom stereocenters. The van der Waals surface area contributed by atoms with Crippen LogP contribution in [0, 0.1) is 6.92 Å². The number of aryl methyl sites for hydroxylation is 1. The van der Waals surface area contributed by atoms with Gasteiger partial charge in [0.1, 0.15) is 0 Å². The number of hydrogen-bond donors (Lipinski definition) is 3. The Bertz CT molecular complexity index is 415. The molecule has 0 fully saturated rings. The van der Waals surface area contributed by atoms with Crippen LogP contribution in [0.1, 0.15) is 34.6 Å². The zero-order valence-corrected chi connectivity index (χ0v) is 11.8. The van der Waals surface area contributed by atoms with Gasteiger partial charge in [0.05, 0.1) is 5.56 Å². The highest BCUT2D eigenvalue weighted by Crippen LogP contribution is 2.21. The molecule has 1 rings (SSSR count). The van der Waals surface area contributed by atoms with Crippen LogP contribution < -0.4 is 16.2 Å². The minimum absolute atomic E-state index is 0.147. The predicted octanol–water partition coefficient (Wildman–Crippen LogP) is 1.75. The molecule has 0 radical (unpaired) electrons. The quantitative estimate of drug-likeness (QED) is 0.579. The number of rotatable bonds is 3. The molecule has 17 heavy (non-hydrogen) atoms. The summed E-state index contributed by atoms with van der Waals surface area (Å²) in [5.41, 5.74) is 7.08. The van der Waals surface area contributed by atoms with Gasteiger partial charge in [0.25, 0.3) is 5.91 Å². The summed E-state index contributed by atoms with van der Waals surface area (Å²) in [5.74, 6) is -0.147. The summed E-state index contributed by atoms with van der Waals surface area (Å²) in [5, 5.41) is 5.19. The Morgan fingerprint density at radius 1 is 1.41 bits per heavy atom. The summed E-state index contributed by atoms with van der Waals surface area (Å²) in [6.07, 6.45) is 0.857. The van der Waals surface area contributed by atoms with Crippen LogP contribution in [0.25, 0.3) is 0 Å². The highest BCUT2D eigenvalue weighted by Gasteiger charge is 2.14. The fourth-order valence-corrected chi connectivity index (χ4v) is 2.63. The largest absolute Gasteiger partial charge is 0.362 e. The van der Waals surface area contributed by atoms with Gasteiger partial charge in [0.2, 0.25) is 0 Å². The summed E-state index contributed by atoms with van der Waals surface area (Å²) >= 11 is 6.54. The van der Waals surface area contributed by atoms with E-state index in [0.29, 0.717) is 5.11 Å². The van der Waals surface area contributed by atoms with E-state index < -0.39 is 0 Å². The van der Waals surface area contributed by atoms with Gasteiger partial charge >= 0.3 is 0 Å². The first kappa shape index (κ1) is 13.9. The van der Waals surface area contributed by atoms with E-state index in [1.807, 2.05) is 26.2 Å². The molecule has 0 aliphatic carbocycles. The zero-order valence-electron chi connectivity index (χ0n) is 10.2.